The van der Waals surface area contributed by atoms with Gasteiger partial charge in [0.25, 0.3) is 0 Å². The number of methoxy groups -OCH3 is 1. The molecule has 0 heterocycles. The van der Waals surface area contributed by atoms with Crippen LogP contribution in [0.15, 0.2) is 29.0 Å². The summed E-state index contributed by atoms with van der Waals surface area (Å²) in [5.41, 5.74) is 1.55. The molecule has 2 N–H and O–H groups in total. The molecule has 12 heavy (non-hydrogen) atoms. The third-order valence-electron chi connectivity index (χ3n) is 1.50. The summed E-state index contributed by atoms with van der Waals surface area (Å²) >= 11 is 0. The molecular formula is C8H10N2O2. The van der Waals surface area contributed by atoms with Gasteiger partial charge in [-0.3, -0.25) is 0 Å². The highest BCUT2D eigenvalue weighted by atomic mass is 16.5. The number of allylic oxidation sites excluding steroid dienone is 3. The second-order valence-electron chi connectivity index (χ2n) is 2.37. The van der Waals surface area contributed by atoms with Gasteiger partial charge in [0.2, 0.25) is 0 Å². The van der Waals surface area contributed by atoms with E-state index in [1.165, 1.54) is 0 Å². The first-order chi connectivity index (χ1) is 5.77. The maximum Gasteiger partial charge on any atom is 0.103 e. The third-order valence-corrected chi connectivity index (χ3v) is 1.50. The van der Waals surface area contributed by atoms with E-state index in [1.54, 1.807) is 25.3 Å². The predicted octanol–water partition coefficient (Wildman–Crippen LogP) is 0.979. The fourth-order valence-corrected chi connectivity index (χ4v) is 0.917. The number of hydrogen-bond acceptors (Lipinski definition) is 4. The topological polar surface area (TPSA) is 65.7 Å². The van der Waals surface area contributed by atoms with E-state index in [0.29, 0.717) is 23.6 Å². The third kappa shape index (κ3) is 1.79. The fraction of sp³-hybridized carbons (Fsp3) is 0.250. The molecule has 4 nitrogen and oxygen atoms in total. The molecule has 1 aliphatic carbocycles. The number of oxime groups is 1. The van der Waals surface area contributed by atoms with Crippen molar-refractivity contribution in [2.75, 3.05) is 13.7 Å². The molecule has 0 bridgehead atoms. The maximum absolute atomic E-state index is 8.44. The molecule has 4 heteroatoms. The van der Waals surface area contributed by atoms with Crippen LogP contribution in [0.2, 0.25) is 0 Å². The van der Waals surface area contributed by atoms with Crippen molar-refractivity contribution in [1.82, 2.24) is 0 Å². The van der Waals surface area contributed by atoms with Gasteiger partial charge in [0.1, 0.15) is 5.71 Å². The van der Waals surface area contributed by atoms with E-state index in [4.69, 9.17) is 15.4 Å². The normalized spacial score (nSPS) is 19.9. The molecule has 1 aliphatic rings. The molecule has 64 valence electrons. The highest BCUT2D eigenvalue weighted by Gasteiger charge is 2.08. The highest BCUT2D eigenvalue weighted by Crippen LogP contribution is 2.06. The lowest BCUT2D eigenvalue weighted by Crippen LogP contribution is -2.11. The average molecular weight is 166 g/mol. The lowest BCUT2D eigenvalue weighted by Gasteiger charge is -2.08. The number of nitrogens with one attached hydrogen (secondary N) is 1. The first-order valence-corrected chi connectivity index (χ1v) is 3.46. The first-order valence-electron chi connectivity index (χ1n) is 3.46. The zero-order valence-corrected chi connectivity index (χ0v) is 6.74. The molecule has 0 amide bonds. The largest absolute Gasteiger partial charge is 0.410 e. The zero-order valence-electron chi connectivity index (χ0n) is 6.74. The summed E-state index contributed by atoms with van der Waals surface area (Å²) in [6.07, 6.45) is 4.76. The Balaban J connectivity index is 2.83. The molecule has 0 radical (unpaired) electrons. The van der Waals surface area contributed by atoms with Crippen LogP contribution in [-0.2, 0) is 4.74 Å². The molecule has 0 spiro atoms. The minimum Gasteiger partial charge on any atom is -0.410 e. The summed E-state index contributed by atoms with van der Waals surface area (Å²) in [6, 6.07) is 0. The Hall–Kier alpha value is -1.42. The Morgan fingerprint density at radius 2 is 2.33 bits per heavy atom. The minimum atomic E-state index is 0.363. The van der Waals surface area contributed by atoms with Crippen LogP contribution < -0.4 is 0 Å². The van der Waals surface area contributed by atoms with Crippen molar-refractivity contribution >= 4 is 11.4 Å². The van der Waals surface area contributed by atoms with Gasteiger partial charge >= 0.3 is 0 Å². The van der Waals surface area contributed by atoms with Gasteiger partial charge in [0.15, 0.2) is 0 Å². The minimum absolute atomic E-state index is 0.363. The Morgan fingerprint density at radius 3 is 2.92 bits per heavy atom. The standard InChI is InChI=1S/C8H10N2O2/c1-12-5-6-4-7(10-11)2-3-8(6)9/h2-4,9,11H,5H2,1H3/b9-8?,10-7-. The number of hydrogen-bond donors (Lipinski definition) is 2. The van der Waals surface area contributed by atoms with E-state index < -0.39 is 0 Å². The lowest BCUT2D eigenvalue weighted by molar-refractivity contribution is 0.230. The molecule has 0 atom stereocenters. The van der Waals surface area contributed by atoms with Crippen LogP contribution in [0.1, 0.15) is 0 Å². The van der Waals surface area contributed by atoms with Crippen LogP contribution in [0.25, 0.3) is 0 Å². The van der Waals surface area contributed by atoms with Crippen molar-refractivity contribution in [3.05, 3.63) is 23.8 Å². The van der Waals surface area contributed by atoms with Crippen LogP contribution in [-0.4, -0.2) is 30.3 Å². The van der Waals surface area contributed by atoms with E-state index in [2.05, 4.69) is 5.16 Å². The summed E-state index contributed by atoms with van der Waals surface area (Å²) in [5.74, 6) is 0. The number of rotatable bonds is 2. The van der Waals surface area contributed by atoms with Gasteiger partial charge < -0.3 is 15.4 Å². The smallest absolute Gasteiger partial charge is 0.103 e. The summed E-state index contributed by atoms with van der Waals surface area (Å²) in [7, 11) is 1.56. The number of ether oxygens (including phenoxy) is 1. The zero-order chi connectivity index (χ0) is 8.97. The highest BCUT2D eigenvalue weighted by molar-refractivity contribution is 6.20. The van der Waals surface area contributed by atoms with Gasteiger partial charge in [0.05, 0.1) is 12.3 Å². The molecule has 0 aliphatic heterocycles. The van der Waals surface area contributed by atoms with Crippen molar-refractivity contribution in [3.63, 3.8) is 0 Å². The molecule has 0 saturated carbocycles. The average Bonchev–Trinajstić information content (AvgIpc) is 2.09. The monoisotopic (exact) mass is 166 g/mol. The lowest BCUT2D eigenvalue weighted by atomic mass is 10.0. The molecule has 0 fully saturated rings. The quantitative estimate of drug-likeness (QED) is 0.365. The van der Waals surface area contributed by atoms with Crippen molar-refractivity contribution < 1.29 is 9.94 Å². The summed E-state index contributed by atoms with van der Waals surface area (Å²) < 4.78 is 4.86. The molecule has 0 aromatic rings. The summed E-state index contributed by atoms with van der Waals surface area (Å²) in [4.78, 5) is 0. The van der Waals surface area contributed by atoms with E-state index in [9.17, 15) is 0 Å². The SMILES string of the molecule is COCC1=C/C(=N\O)C=CC1=N. The van der Waals surface area contributed by atoms with E-state index in [1.807, 2.05) is 0 Å². The molecule has 0 saturated heterocycles. The van der Waals surface area contributed by atoms with Crippen molar-refractivity contribution in [2.24, 2.45) is 5.16 Å². The van der Waals surface area contributed by atoms with Gasteiger partial charge in [-0.2, -0.15) is 0 Å². The molecular weight excluding hydrogens is 156 g/mol. The van der Waals surface area contributed by atoms with E-state index in [-0.39, 0.29) is 0 Å². The molecule has 0 aromatic heterocycles. The Kier molecular flexibility index (Phi) is 2.76. The van der Waals surface area contributed by atoms with Crippen LogP contribution >= 0.6 is 0 Å². The van der Waals surface area contributed by atoms with Crippen LogP contribution in [0.5, 0.6) is 0 Å². The fourth-order valence-electron chi connectivity index (χ4n) is 0.917. The molecule has 0 aromatic carbocycles. The van der Waals surface area contributed by atoms with Gasteiger partial charge in [-0.25, -0.2) is 0 Å². The molecule has 0 unspecified atom stereocenters. The van der Waals surface area contributed by atoms with Crippen LogP contribution in [0.4, 0.5) is 0 Å². The summed E-state index contributed by atoms with van der Waals surface area (Å²) in [5, 5.41) is 18.9. The summed E-state index contributed by atoms with van der Waals surface area (Å²) in [6.45, 7) is 0.363. The number of nitrogens with zero attached hydrogens (tertiary/aromatic N) is 1. The first kappa shape index (κ1) is 8.67. The molecule has 1 rings (SSSR count). The van der Waals surface area contributed by atoms with Crippen molar-refractivity contribution in [1.29, 1.82) is 5.41 Å². The van der Waals surface area contributed by atoms with Crippen LogP contribution in [0, 0.1) is 5.41 Å². The van der Waals surface area contributed by atoms with Crippen molar-refractivity contribution in [2.45, 2.75) is 0 Å². The van der Waals surface area contributed by atoms with Gasteiger partial charge in [-0.05, 0) is 18.2 Å². The second kappa shape index (κ2) is 3.82. The van der Waals surface area contributed by atoms with Crippen molar-refractivity contribution in [3.8, 4) is 0 Å². The van der Waals surface area contributed by atoms with E-state index >= 15 is 0 Å². The van der Waals surface area contributed by atoms with Gasteiger partial charge in [0, 0.05) is 12.7 Å². The Morgan fingerprint density at radius 1 is 1.58 bits per heavy atom. The van der Waals surface area contributed by atoms with E-state index in [0.717, 1.165) is 0 Å². The van der Waals surface area contributed by atoms with Crippen LogP contribution in [0.3, 0.4) is 0 Å². The maximum atomic E-state index is 8.44. The van der Waals surface area contributed by atoms with Gasteiger partial charge in [-0.15, -0.1) is 0 Å². The predicted molar refractivity (Wildman–Crippen MR) is 46.0 cm³/mol. The Bertz CT molecular complexity index is 277. The van der Waals surface area contributed by atoms with Gasteiger partial charge in [-0.1, -0.05) is 5.16 Å². The Labute approximate surface area is 70.4 Å². The second-order valence-corrected chi connectivity index (χ2v) is 2.37.